The smallest absolute Gasteiger partial charge is 0.311 e. The summed E-state index contributed by atoms with van der Waals surface area (Å²) in [5.41, 5.74) is 1.45. The molecule has 0 unspecified atom stereocenters. The Kier molecular flexibility index (Phi) is 6.71. The van der Waals surface area contributed by atoms with Gasteiger partial charge in [0.2, 0.25) is 5.91 Å². The van der Waals surface area contributed by atoms with Crippen LogP contribution in [0.5, 0.6) is 0 Å². The van der Waals surface area contributed by atoms with Crippen LogP contribution < -0.4 is 5.43 Å². The molecule has 170 valence electrons. The molecular weight excluding hydrogens is 440 g/mol. The van der Waals surface area contributed by atoms with Crippen LogP contribution in [0.4, 0.5) is 11.4 Å². The van der Waals surface area contributed by atoms with E-state index in [2.05, 4.69) is 5.43 Å². The highest BCUT2D eigenvalue weighted by Crippen LogP contribution is 2.21. The van der Waals surface area contributed by atoms with Crippen LogP contribution >= 0.6 is 0 Å². The number of rotatable bonds is 8. The molecule has 2 aromatic rings. The third kappa shape index (κ3) is 5.33. The summed E-state index contributed by atoms with van der Waals surface area (Å²) in [4.78, 5) is 69.3. The first-order chi connectivity index (χ1) is 15.7. The number of non-ortho nitro benzene ring substituents is 1. The molecule has 1 aliphatic heterocycles. The van der Waals surface area contributed by atoms with Gasteiger partial charge in [0.15, 0.2) is 12.4 Å². The summed E-state index contributed by atoms with van der Waals surface area (Å²) in [5.74, 6) is -3.90. The van der Waals surface area contributed by atoms with Crippen LogP contribution in [0.15, 0.2) is 48.5 Å². The molecular formula is C20H16N4O9. The van der Waals surface area contributed by atoms with Gasteiger partial charge in [-0.3, -0.25) is 49.8 Å². The predicted octanol–water partition coefficient (Wildman–Crippen LogP) is 1.42. The Morgan fingerprint density at radius 3 is 2.33 bits per heavy atom. The number of ketones is 1. The van der Waals surface area contributed by atoms with E-state index in [0.717, 1.165) is 23.2 Å². The lowest BCUT2D eigenvalue weighted by molar-refractivity contribution is -0.385. The topological polar surface area (TPSA) is 179 Å². The minimum Gasteiger partial charge on any atom is -0.457 e. The molecule has 0 saturated carbocycles. The highest BCUT2D eigenvalue weighted by atomic mass is 16.6. The first-order valence-corrected chi connectivity index (χ1v) is 9.46. The molecule has 33 heavy (non-hydrogen) atoms. The van der Waals surface area contributed by atoms with Crippen molar-refractivity contribution < 1.29 is 33.8 Å². The molecule has 0 aromatic heterocycles. The number of hydrogen-bond acceptors (Lipinski definition) is 9. The normalized spacial score (nSPS) is 15.1. The molecule has 0 spiro atoms. The van der Waals surface area contributed by atoms with E-state index in [1.165, 1.54) is 30.3 Å². The number of para-hydroxylation sites is 1. The number of hydrazine groups is 1. The maximum atomic E-state index is 12.4. The summed E-state index contributed by atoms with van der Waals surface area (Å²) < 4.78 is 4.95. The molecule has 2 amide bonds. The summed E-state index contributed by atoms with van der Waals surface area (Å²) in [7, 11) is 0. The van der Waals surface area contributed by atoms with Gasteiger partial charge < -0.3 is 4.74 Å². The van der Waals surface area contributed by atoms with Crippen molar-refractivity contribution in [3.63, 3.8) is 0 Å². The van der Waals surface area contributed by atoms with E-state index in [1.807, 2.05) is 0 Å². The van der Waals surface area contributed by atoms with Gasteiger partial charge in [0.1, 0.15) is 5.56 Å². The van der Waals surface area contributed by atoms with Crippen LogP contribution in [0.25, 0.3) is 0 Å². The molecule has 3 rings (SSSR count). The highest BCUT2D eigenvalue weighted by Gasteiger charge is 2.37. The van der Waals surface area contributed by atoms with Gasteiger partial charge >= 0.3 is 5.97 Å². The molecule has 0 bridgehead atoms. The first kappa shape index (κ1) is 23.0. The fourth-order valence-corrected chi connectivity index (χ4v) is 3.09. The lowest BCUT2D eigenvalue weighted by atomic mass is 10.1. The van der Waals surface area contributed by atoms with E-state index < -0.39 is 51.6 Å². The quantitative estimate of drug-likeness (QED) is 0.266. The van der Waals surface area contributed by atoms with Crippen LogP contribution in [-0.4, -0.2) is 51.6 Å². The number of ether oxygens (including phenoxy) is 1. The van der Waals surface area contributed by atoms with Gasteiger partial charge in [0.25, 0.3) is 17.3 Å². The minimum absolute atomic E-state index is 0.106. The second-order valence-electron chi connectivity index (χ2n) is 6.96. The maximum absolute atomic E-state index is 12.4. The van der Waals surface area contributed by atoms with Crippen molar-refractivity contribution in [3.8, 4) is 0 Å². The largest absolute Gasteiger partial charge is 0.457 e. The molecule has 1 N–H and O–H groups in total. The standard InChI is InChI=1S/C20H16N4O9/c25-17(12-5-7-14(8-6-12)23(29)30)11-33-20(28)13-9-18(26)22(10-13)21-19(27)15-3-1-2-4-16(15)24(31)32/h1-8,13H,9-11H2,(H,21,27)/t13-/m1/s1. The third-order valence-electron chi connectivity index (χ3n) is 4.79. The number of nitro benzene ring substituents is 2. The van der Waals surface area contributed by atoms with Gasteiger partial charge in [-0.1, -0.05) is 12.1 Å². The minimum atomic E-state index is -0.965. The number of hydrogen-bond donors (Lipinski definition) is 1. The van der Waals surface area contributed by atoms with Gasteiger partial charge in [-0.25, -0.2) is 0 Å². The van der Waals surface area contributed by atoms with Crippen LogP contribution in [0.1, 0.15) is 27.1 Å². The summed E-state index contributed by atoms with van der Waals surface area (Å²) in [6.07, 6.45) is -0.290. The zero-order valence-corrected chi connectivity index (χ0v) is 16.8. The Balaban J connectivity index is 1.55. The molecule has 13 nitrogen and oxygen atoms in total. The summed E-state index contributed by atoms with van der Waals surface area (Å²) in [6, 6.07) is 9.92. The van der Waals surface area contributed by atoms with E-state index in [-0.39, 0.29) is 29.8 Å². The predicted molar refractivity (Wildman–Crippen MR) is 109 cm³/mol. The van der Waals surface area contributed by atoms with Crippen LogP contribution in [-0.2, 0) is 14.3 Å². The van der Waals surface area contributed by atoms with Crippen LogP contribution in [0, 0.1) is 26.1 Å². The number of Topliss-reactive ketones (excluding diaryl/α,β-unsaturated/α-hetero) is 1. The molecule has 1 aliphatic rings. The Morgan fingerprint density at radius 2 is 1.70 bits per heavy atom. The number of carbonyl (C=O) groups is 4. The second-order valence-corrected chi connectivity index (χ2v) is 6.96. The van der Waals surface area contributed by atoms with Crippen molar-refractivity contribution in [1.82, 2.24) is 10.4 Å². The molecule has 1 heterocycles. The van der Waals surface area contributed by atoms with Crippen molar-refractivity contribution in [3.05, 3.63) is 79.9 Å². The fourth-order valence-electron chi connectivity index (χ4n) is 3.09. The van der Waals surface area contributed by atoms with Gasteiger partial charge in [-0.05, 0) is 18.2 Å². The Hall–Kier alpha value is -4.68. The monoisotopic (exact) mass is 456 g/mol. The Bertz CT molecular complexity index is 1150. The van der Waals surface area contributed by atoms with Gasteiger partial charge in [-0.2, -0.15) is 0 Å². The number of nitro groups is 2. The zero-order chi connectivity index (χ0) is 24.1. The summed E-state index contributed by atoms with van der Waals surface area (Å²) >= 11 is 0. The SMILES string of the molecule is O=C(COC(=O)[C@@H]1CC(=O)N(NC(=O)c2ccccc2[N+](=O)[O-])C1)c1ccc([N+](=O)[O-])cc1. The number of amides is 2. The molecule has 13 heteroatoms. The number of esters is 1. The van der Waals surface area contributed by atoms with Gasteiger partial charge in [0, 0.05) is 30.2 Å². The van der Waals surface area contributed by atoms with Crippen LogP contribution in [0.3, 0.4) is 0 Å². The fraction of sp³-hybridized carbons (Fsp3) is 0.200. The van der Waals surface area contributed by atoms with Crippen molar-refractivity contribution in [2.24, 2.45) is 5.92 Å². The van der Waals surface area contributed by atoms with E-state index in [9.17, 15) is 39.4 Å². The molecule has 1 saturated heterocycles. The molecule has 1 fully saturated rings. The second kappa shape index (κ2) is 9.64. The average Bonchev–Trinajstić information content (AvgIpc) is 3.17. The number of nitrogens with one attached hydrogen (secondary N) is 1. The summed E-state index contributed by atoms with van der Waals surface area (Å²) in [5, 5.41) is 22.6. The highest BCUT2D eigenvalue weighted by molar-refractivity contribution is 6.00. The van der Waals surface area contributed by atoms with Crippen molar-refractivity contribution in [1.29, 1.82) is 0 Å². The average molecular weight is 456 g/mol. The number of carbonyl (C=O) groups excluding carboxylic acids is 4. The molecule has 1 atom stereocenters. The first-order valence-electron chi connectivity index (χ1n) is 9.46. The van der Waals surface area contributed by atoms with Crippen molar-refractivity contribution in [2.75, 3.05) is 13.2 Å². The Morgan fingerprint density at radius 1 is 1.03 bits per heavy atom. The zero-order valence-electron chi connectivity index (χ0n) is 16.8. The lowest BCUT2D eigenvalue weighted by Crippen LogP contribution is -2.43. The van der Waals surface area contributed by atoms with Crippen LogP contribution in [0.2, 0.25) is 0 Å². The third-order valence-corrected chi connectivity index (χ3v) is 4.79. The van der Waals surface area contributed by atoms with Crippen molar-refractivity contribution >= 4 is 34.9 Å². The van der Waals surface area contributed by atoms with E-state index in [1.54, 1.807) is 0 Å². The summed E-state index contributed by atoms with van der Waals surface area (Å²) in [6.45, 7) is -0.875. The number of nitrogens with zero attached hydrogens (tertiary/aromatic N) is 3. The number of benzene rings is 2. The lowest BCUT2D eigenvalue weighted by Gasteiger charge is -2.17. The molecule has 2 aromatic carbocycles. The Labute approximate surface area is 185 Å². The van der Waals surface area contributed by atoms with Gasteiger partial charge in [0.05, 0.1) is 22.3 Å². The molecule has 0 aliphatic carbocycles. The van der Waals surface area contributed by atoms with E-state index >= 15 is 0 Å². The van der Waals surface area contributed by atoms with E-state index in [0.29, 0.717) is 0 Å². The van der Waals surface area contributed by atoms with E-state index in [4.69, 9.17) is 4.74 Å². The molecule has 0 radical (unpaired) electrons. The van der Waals surface area contributed by atoms with Crippen molar-refractivity contribution in [2.45, 2.75) is 6.42 Å². The maximum Gasteiger partial charge on any atom is 0.311 e. The van der Waals surface area contributed by atoms with Gasteiger partial charge in [-0.15, -0.1) is 0 Å².